The third-order valence-corrected chi connectivity index (χ3v) is 1.63. The van der Waals surface area contributed by atoms with Crippen molar-refractivity contribution in [3.8, 4) is 0 Å². The Hall–Kier alpha value is -1.45. The zero-order chi connectivity index (χ0) is 9.14. The molecule has 0 atom stereocenters. The van der Waals surface area contributed by atoms with E-state index >= 15 is 0 Å². The summed E-state index contributed by atoms with van der Waals surface area (Å²) in [4.78, 5) is 11.0. The van der Waals surface area contributed by atoms with Crippen LogP contribution in [0.2, 0.25) is 0 Å². The predicted octanol–water partition coefficient (Wildman–Crippen LogP) is 0.880. The molecule has 0 aliphatic heterocycles. The number of ether oxygens (including phenoxy) is 1. The average Bonchev–Trinajstić information content (AvgIpc) is 2.08. The van der Waals surface area contributed by atoms with E-state index in [-0.39, 0.29) is 5.69 Å². The van der Waals surface area contributed by atoms with Crippen LogP contribution in [0.3, 0.4) is 0 Å². The van der Waals surface area contributed by atoms with Gasteiger partial charge in [-0.3, -0.25) is 0 Å². The molecule has 4 nitrogen and oxygen atoms in total. The summed E-state index contributed by atoms with van der Waals surface area (Å²) in [5.74, 6) is -0.453. The molecule has 0 amide bonds. The van der Waals surface area contributed by atoms with E-state index in [1.165, 1.54) is 7.11 Å². The van der Waals surface area contributed by atoms with Gasteiger partial charge in [0.05, 0.1) is 12.8 Å². The molecular formula is C8H10N2O2. The third kappa shape index (κ3) is 1.58. The lowest BCUT2D eigenvalue weighted by atomic mass is 10.2. The highest BCUT2D eigenvalue weighted by molar-refractivity contribution is 5.87. The first-order valence-electron chi connectivity index (χ1n) is 3.54. The molecule has 12 heavy (non-hydrogen) atoms. The molecule has 0 fully saturated rings. The lowest BCUT2D eigenvalue weighted by Crippen LogP contribution is -2.06. The lowest BCUT2D eigenvalue weighted by Gasteiger charge is -2.00. The molecule has 0 aromatic carbocycles. The molecule has 1 rings (SSSR count). The standard InChI is InChI=1S/C8H10N2O2/c1-5-4-7(8(11)12-3)10-9-6(5)2/h4H,1-3H3. The van der Waals surface area contributed by atoms with Crippen molar-refractivity contribution in [1.29, 1.82) is 0 Å². The molecule has 0 aliphatic rings. The Bertz CT molecular complexity index is 310. The monoisotopic (exact) mass is 166 g/mol. The van der Waals surface area contributed by atoms with E-state index < -0.39 is 5.97 Å². The fraction of sp³-hybridized carbons (Fsp3) is 0.375. The van der Waals surface area contributed by atoms with E-state index in [0.29, 0.717) is 0 Å². The van der Waals surface area contributed by atoms with Crippen molar-refractivity contribution in [2.45, 2.75) is 13.8 Å². The van der Waals surface area contributed by atoms with Crippen LogP contribution in [0.5, 0.6) is 0 Å². The summed E-state index contributed by atoms with van der Waals surface area (Å²) < 4.78 is 4.49. The van der Waals surface area contributed by atoms with Crippen molar-refractivity contribution < 1.29 is 9.53 Å². The zero-order valence-corrected chi connectivity index (χ0v) is 7.29. The number of methoxy groups -OCH3 is 1. The molecule has 4 heteroatoms. The van der Waals surface area contributed by atoms with Gasteiger partial charge < -0.3 is 4.74 Å². The van der Waals surface area contributed by atoms with Crippen LogP contribution >= 0.6 is 0 Å². The fourth-order valence-corrected chi connectivity index (χ4v) is 0.750. The van der Waals surface area contributed by atoms with Gasteiger partial charge in [0.15, 0.2) is 5.69 Å². The predicted molar refractivity (Wildman–Crippen MR) is 42.8 cm³/mol. The van der Waals surface area contributed by atoms with Crippen LogP contribution in [0.15, 0.2) is 6.07 Å². The number of hydrogen-bond donors (Lipinski definition) is 0. The maximum atomic E-state index is 11.0. The van der Waals surface area contributed by atoms with Gasteiger partial charge in [-0.2, -0.15) is 5.10 Å². The molecule has 0 N–H and O–H groups in total. The Morgan fingerprint density at radius 1 is 1.42 bits per heavy atom. The zero-order valence-electron chi connectivity index (χ0n) is 7.29. The van der Waals surface area contributed by atoms with E-state index in [1.54, 1.807) is 6.07 Å². The van der Waals surface area contributed by atoms with Gasteiger partial charge in [0.2, 0.25) is 0 Å². The van der Waals surface area contributed by atoms with Gasteiger partial charge in [0.1, 0.15) is 0 Å². The summed E-state index contributed by atoms with van der Waals surface area (Å²) in [6.07, 6.45) is 0. The average molecular weight is 166 g/mol. The van der Waals surface area contributed by atoms with Gasteiger partial charge in [-0.05, 0) is 25.5 Å². The normalized spacial score (nSPS) is 9.58. The minimum absolute atomic E-state index is 0.251. The van der Waals surface area contributed by atoms with Gasteiger partial charge in [0, 0.05) is 0 Å². The molecule has 1 aromatic heterocycles. The summed E-state index contributed by atoms with van der Waals surface area (Å²) in [5.41, 5.74) is 2.01. The van der Waals surface area contributed by atoms with E-state index in [9.17, 15) is 4.79 Å². The summed E-state index contributed by atoms with van der Waals surface area (Å²) in [6.45, 7) is 3.71. The SMILES string of the molecule is COC(=O)c1cc(C)c(C)nn1. The summed E-state index contributed by atoms with van der Waals surface area (Å²) in [6, 6.07) is 1.66. The maximum absolute atomic E-state index is 11.0. The topological polar surface area (TPSA) is 52.1 Å². The minimum Gasteiger partial charge on any atom is -0.464 e. The first-order chi connectivity index (χ1) is 5.65. The molecule has 0 aliphatic carbocycles. The molecule has 0 bridgehead atoms. The Morgan fingerprint density at radius 3 is 2.58 bits per heavy atom. The smallest absolute Gasteiger partial charge is 0.358 e. The molecule has 0 saturated heterocycles. The maximum Gasteiger partial charge on any atom is 0.358 e. The minimum atomic E-state index is -0.453. The van der Waals surface area contributed by atoms with Crippen LogP contribution in [-0.2, 0) is 4.74 Å². The third-order valence-electron chi connectivity index (χ3n) is 1.63. The Morgan fingerprint density at radius 2 is 2.08 bits per heavy atom. The number of esters is 1. The van der Waals surface area contributed by atoms with E-state index in [1.807, 2.05) is 13.8 Å². The highest BCUT2D eigenvalue weighted by Gasteiger charge is 2.08. The highest BCUT2D eigenvalue weighted by atomic mass is 16.5. The summed E-state index contributed by atoms with van der Waals surface area (Å²) in [5, 5.41) is 7.48. The van der Waals surface area contributed by atoms with Gasteiger partial charge in [-0.25, -0.2) is 4.79 Å². The van der Waals surface area contributed by atoms with Crippen molar-refractivity contribution in [3.05, 3.63) is 23.0 Å². The number of hydrogen-bond acceptors (Lipinski definition) is 4. The molecule has 0 unspecified atom stereocenters. The van der Waals surface area contributed by atoms with Gasteiger partial charge in [-0.15, -0.1) is 5.10 Å². The van der Waals surface area contributed by atoms with E-state index in [4.69, 9.17) is 0 Å². The fourth-order valence-electron chi connectivity index (χ4n) is 0.750. The Labute approximate surface area is 70.6 Å². The molecular weight excluding hydrogens is 156 g/mol. The molecule has 0 radical (unpaired) electrons. The second kappa shape index (κ2) is 3.30. The van der Waals surface area contributed by atoms with Crippen molar-refractivity contribution >= 4 is 5.97 Å². The first-order valence-corrected chi connectivity index (χ1v) is 3.54. The second-order valence-corrected chi connectivity index (χ2v) is 2.49. The van der Waals surface area contributed by atoms with Crippen LogP contribution in [0.1, 0.15) is 21.7 Å². The van der Waals surface area contributed by atoms with Crippen molar-refractivity contribution in [1.82, 2.24) is 10.2 Å². The van der Waals surface area contributed by atoms with Crippen molar-refractivity contribution in [3.63, 3.8) is 0 Å². The number of aromatic nitrogens is 2. The Kier molecular flexibility index (Phi) is 2.38. The van der Waals surface area contributed by atoms with Crippen LogP contribution in [0, 0.1) is 13.8 Å². The number of nitrogens with zero attached hydrogens (tertiary/aromatic N) is 2. The van der Waals surface area contributed by atoms with Gasteiger partial charge in [-0.1, -0.05) is 0 Å². The van der Waals surface area contributed by atoms with Crippen LogP contribution < -0.4 is 0 Å². The lowest BCUT2D eigenvalue weighted by molar-refractivity contribution is 0.0592. The highest BCUT2D eigenvalue weighted by Crippen LogP contribution is 2.03. The quantitative estimate of drug-likeness (QED) is 0.581. The number of aryl methyl sites for hydroxylation is 2. The number of rotatable bonds is 1. The second-order valence-electron chi connectivity index (χ2n) is 2.49. The van der Waals surface area contributed by atoms with Gasteiger partial charge >= 0.3 is 5.97 Å². The van der Waals surface area contributed by atoms with Crippen molar-refractivity contribution in [2.75, 3.05) is 7.11 Å². The molecule has 0 spiro atoms. The summed E-state index contributed by atoms with van der Waals surface area (Å²) >= 11 is 0. The molecule has 0 saturated carbocycles. The first kappa shape index (κ1) is 8.64. The van der Waals surface area contributed by atoms with E-state index in [0.717, 1.165) is 11.3 Å². The molecule has 1 aromatic rings. The number of carbonyl (C=O) groups is 1. The summed E-state index contributed by atoms with van der Waals surface area (Å²) in [7, 11) is 1.32. The van der Waals surface area contributed by atoms with Crippen LogP contribution in [0.4, 0.5) is 0 Å². The van der Waals surface area contributed by atoms with Gasteiger partial charge in [0.25, 0.3) is 0 Å². The van der Waals surface area contributed by atoms with Crippen LogP contribution in [0.25, 0.3) is 0 Å². The number of carbonyl (C=O) groups excluding carboxylic acids is 1. The van der Waals surface area contributed by atoms with Crippen LogP contribution in [-0.4, -0.2) is 23.3 Å². The van der Waals surface area contributed by atoms with E-state index in [2.05, 4.69) is 14.9 Å². The molecule has 1 heterocycles. The Balaban J connectivity index is 3.05. The van der Waals surface area contributed by atoms with Crippen molar-refractivity contribution in [2.24, 2.45) is 0 Å². The largest absolute Gasteiger partial charge is 0.464 e. The molecule has 64 valence electrons.